The van der Waals surface area contributed by atoms with Crippen molar-refractivity contribution in [1.29, 1.82) is 0 Å². The van der Waals surface area contributed by atoms with Crippen molar-refractivity contribution in [2.45, 2.75) is 25.6 Å². The third-order valence-corrected chi connectivity index (χ3v) is 3.70. The van der Waals surface area contributed by atoms with Crippen molar-refractivity contribution in [3.8, 4) is 5.75 Å². The van der Waals surface area contributed by atoms with Crippen LogP contribution >= 0.6 is 0 Å². The van der Waals surface area contributed by atoms with Crippen LogP contribution in [-0.4, -0.2) is 35.4 Å². The molecular weight excluding hydrogens is 306 g/mol. The Kier molecular flexibility index (Phi) is 6.78. The Morgan fingerprint density at radius 3 is 2.42 bits per heavy atom. The first-order chi connectivity index (χ1) is 11.6. The number of benzene rings is 2. The van der Waals surface area contributed by atoms with Gasteiger partial charge in [-0.1, -0.05) is 42.5 Å². The van der Waals surface area contributed by atoms with Crippen LogP contribution in [0.25, 0.3) is 0 Å². The van der Waals surface area contributed by atoms with E-state index in [1.807, 2.05) is 42.5 Å². The van der Waals surface area contributed by atoms with Crippen molar-refractivity contribution in [1.82, 2.24) is 5.32 Å². The molecule has 0 aromatic heterocycles. The molecule has 2 atom stereocenters. The fraction of sp³-hybridized carbons (Fsp3) is 0.316. The lowest BCUT2D eigenvalue weighted by Gasteiger charge is -2.13. The van der Waals surface area contributed by atoms with Gasteiger partial charge in [-0.25, -0.2) is 4.79 Å². The number of aliphatic hydroxyl groups is 1. The van der Waals surface area contributed by atoms with Gasteiger partial charge in [-0.2, -0.15) is 0 Å². The molecular formula is C19H23NO4. The van der Waals surface area contributed by atoms with E-state index in [0.29, 0.717) is 12.3 Å². The van der Waals surface area contributed by atoms with Gasteiger partial charge in [-0.05, 0) is 43.1 Å². The molecule has 128 valence electrons. The van der Waals surface area contributed by atoms with Crippen LogP contribution in [-0.2, 0) is 11.2 Å². The number of carboxylic acid groups (broad SMARTS) is 1. The fourth-order valence-electron chi connectivity index (χ4n) is 2.25. The van der Waals surface area contributed by atoms with Gasteiger partial charge in [0.25, 0.3) is 0 Å². The zero-order chi connectivity index (χ0) is 17.4. The molecule has 24 heavy (non-hydrogen) atoms. The second-order valence-electron chi connectivity index (χ2n) is 5.62. The predicted octanol–water partition coefficient (Wildman–Crippen LogP) is 2.40. The molecule has 0 aliphatic heterocycles. The summed E-state index contributed by atoms with van der Waals surface area (Å²) in [6.07, 6.45) is -0.563. The number of nitrogens with one attached hydrogen (secondary N) is 1. The van der Waals surface area contributed by atoms with Crippen molar-refractivity contribution in [3.05, 3.63) is 65.7 Å². The zero-order valence-electron chi connectivity index (χ0n) is 13.7. The molecule has 2 rings (SSSR count). The second-order valence-corrected chi connectivity index (χ2v) is 5.62. The van der Waals surface area contributed by atoms with Crippen LogP contribution in [0, 0.1) is 0 Å². The summed E-state index contributed by atoms with van der Waals surface area (Å²) in [5, 5.41) is 22.1. The van der Waals surface area contributed by atoms with E-state index in [4.69, 9.17) is 9.84 Å². The average Bonchev–Trinajstić information content (AvgIpc) is 2.60. The summed E-state index contributed by atoms with van der Waals surface area (Å²) in [5.41, 5.74) is 2.02. The van der Waals surface area contributed by atoms with Crippen LogP contribution in [0.3, 0.4) is 0 Å². The summed E-state index contributed by atoms with van der Waals surface area (Å²) in [6.45, 7) is 2.75. The number of carbonyl (C=O) groups is 1. The standard InChI is InChI=1S/C19H23NO4/c1-14(19(22)23)24-17-9-7-15(8-10-17)11-12-20-13-18(21)16-5-3-2-4-6-16/h2-10,14,18,20-21H,11-13H2,1H3,(H,22,23)/t14-,18+/m0/s1. The maximum atomic E-state index is 10.7. The molecule has 0 fully saturated rings. The molecule has 5 heteroatoms. The molecule has 0 aliphatic carbocycles. The van der Waals surface area contributed by atoms with E-state index in [-0.39, 0.29) is 0 Å². The Morgan fingerprint density at radius 2 is 1.79 bits per heavy atom. The summed E-state index contributed by atoms with van der Waals surface area (Å²) in [5.74, 6) is -0.443. The van der Waals surface area contributed by atoms with E-state index in [2.05, 4.69) is 5.32 Å². The molecule has 0 bridgehead atoms. The molecule has 0 aliphatic rings. The molecule has 2 aromatic rings. The SMILES string of the molecule is C[C@H](Oc1ccc(CCNC[C@@H](O)c2ccccc2)cc1)C(=O)O. The average molecular weight is 329 g/mol. The van der Waals surface area contributed by atoms with Gasteiger partial charge in [0, 0.05) is 6.54 Å². The van der Waals surface area contributed by atoms with E-state index < -0.39 is 18.2 Å². The third-order valence-electron chi connectivity index (χ3n) is 3.70. The normalized spacial score (nSPS) is 13.2. The summed E-state index contributed by atoms with van der Waals surface area (Å²) < 4.78 is 5.29. The number of ether oxygens (including phenoxy) is 1. The van der Waals surface area contributed by atoms with Crippen LogP contribution in [0.2, 0.25) is 0 Å². The van der Waals surface area contributed by atoms with Gasteiger partial charge in [0.1, 0.15) is 5.75 Å². The quantitative estimate of drug-likeness (QED) is 0.616. The monoisotopic (exact) mass is 329 g/mol. The fourth-order valence-corrected chi connectivity index (χ4v) is 2.25. The van der Waals surface area contributed by atoms with Crippen molar-refractivity contribution in [3.63, 3.8) is 0 Å². The molecule has 0 unspecified atom stereocenters. The summed E-state index contributed by atoms with van der Waals surface area (Å²) >= 11 is 0. The highest BCUT2D eigenvalue weighted by molar-refractivity contribution is 5.72. The first-order valence-electron chi connectivity index (χ1n) is 7.98. The van der Waals surface area contributed by atoms with Crippen LogP contribution in [0.1, 0.15) is 24.2 Å². The number of carboxylic acids is 1. The molecule has 2 aromatic carbocycles. The lowest BCUT2D eigenvalue weighted by atomic mass is 10.1. The van der Waals surface area contributed by atoms with Crippen LogP contribution in [0.4, 0.5) is 0 Å². The van der Waals surface area contributed by atoms with E-state index in [0.717, 1.165) is 24.1 Å². The summed E-state index contributed by atoms with van der Waals surface area (Å²) in [4.78, 5) is 10.7. The lowest BCUT2D eigenvalue weighted by molar-refractivity contribution is -0.144. The van der Waals surface area contributed by atoms with Gasteiger partial charge in [-0.15, -0.1) is 0 Å². The Hall–Kier alpha value is -2.37. The van der Waals surface area contributed by atoms with Crippen molar-refractivity contribution in [2.24, 2.45) is 0 Å². The Morgan fingerprint density at radius 1 is 1.12 bits per heavy atom. The maximum Gasteiger partial charge on any atom is 0.344 e. The zero-order valence-corrected chi connectivity index (χ0v) is 13.7. The third kappa shape index (κ3) is 5.68. The minimum atomic E-state index is -0.986. The highest BCUT2D eigenvalue weighted by Crippen LogP contribution is 2.14. The van der Waals surface area contributed by atoms with Gasteiger partial charge in [0.15, 0.2) is 6.10 Å². The predicted molar refractivity (Wildman–Crippen MR) is 92.1 cm³/mol. The Balaban J connectivity index is 1.72. The Labute approximate surface area is 141 Å². The number of aliphatic hydroxyl groups excluding tert-OH is 1. The molecule has 0 radical (unpaired) electrons. The van der Waals surface area contributed by atoms with Gasteiger partial charge in [0.2, 0.25) is 0 Å². The van der Waals surface area contributed by atoms with E-state index in [9.17, 15) is 9.90 Å². The Bertz CT molecular complexity index is 628. The van der Waals surface area contributed by atoms with Crippen LogP contribution in [0.5, 0.6) is 5.75 Å². The minimum absolute atomic E-state index is 0.501. The molecule has 0 amide bonds. The highest BCUT2D eigenvalue weighted by atomic mass is 16.5. The van der Waals surface area contributed by atoms with E-state index in [1.165, 1.54) is 6.92 Å². The smallest absolute Gasteiger partial charge is 0.344 e. The van der Waals surface area contributed by atoms with Crippen LogP contribution < -0.4 is 10.1 Å². The van der Waals surface area contributed by atoms with Crippen molar-refractivity contribution >= 4 is 5.97 Å². The number of hydrogen-bond acceptors (Lipinski definition) is 4. The molecule has 5 nitrogen and oxygen atoms in total. The number of aliphatic carboxylic acids is 1. The van der Waals surface area contributed by atoms with Gasteiger partial charge < -0.3 is 20.3 Å². The van der Waals surface area contributed by atoms with E-state index in [1.54, 1.807) is 12.1 Å². The summed E-state index contributed by atoms with van der Waals surface area (Å²) in [7, 11) is 0. The second kappa shape index (κ2) is 9.05. The maximum absolute atomic E-state index is 10.7. The number of hydrogen-bond donors (Lipinski definition) is 3. The summed E-state index contributed by atoms with van der Waals surface area (Å²) in [6, 6.07) is 16.9. The van der Waals surface area contributed by atoms with E-state index >= 15 is 0 Å². The first-order valence-corrected chi connectivity index (χ1v) is 7.98. The molecule has 0 heterocycles. The highest BCUT2D eigenvalue weighted by Gasteiger charge is 2.12. The van der Waals surface area contributed by atoms with Gasteiger partial charge in [-0.3, -0.25) is 0 Å². The number of rotatable bonds is 9. The largest absolute Gasteiger partial charge is 0.479 e. The molecule has 0 spiro atoms. The lowest BCUT2D eigenvalue weighted by Crippen LogP contribution is -2.24. The van der Waals surface area contributed by atoms with Gasteiger partial charge >= 0.3 is 5.97 Å². The van der Waals surface area contributed by atoms with Crippen molar-refractivity contribution < 1.29 is 19.7 Å². The topological polar surface area (TPSA) is 78.8 Å². The minimum Gasteiger partial charge on any atom is -0.479 e. The van der Waals surface area contributed by atoms with Gasteiger partial charge in [0.05, 0.1) is 6.10 Å². The first kappa shape index (κ1) is 18.0. The molecule has 3 N–H and O–H groups in total. The van der Waals surface area contributed by atoms with Crippen LogP contribution in [0.15, 0.2) is 54.6 Å². The molecule has 0 saturated carbocycles. The van der Waals surface area contributed by atoms with Crippen molar-refractivity contribution in [2.75, 3.05) is 13.1 Å². The molecule has 0 saturated heterocycles.